The van der Waals surface area contributed by atoms with Gasteiger partial charge in [-0.2, -0.15) is 0 Å². The van der Waals surface area contributed by atoms with Crippen LogP contribution in [0.5, 0.6) is 17.5 Å². The standard InChI is InChI=1S/C19H28N6O3/c1-15(24(2)3)28-18-16(5-4-6-22-18)26-13-14-27-19-17(21-7-8-23-19)25-11-9-20-10-12-25/h4-8,15,20H,9-14H2,1-3H3. The third-order valence-corrected chi connectivity index (χ3v) is 4.39. The maximum atomic E-state index is 5.84. The maximum Gasteiger partial charge on any atom is 0.258 e. The minimum atomic E-state index is -0.116. The van der Waals surface area contributed by atoms with Crippen molar-refractivity contribution in [2.75, 3.05) is 58.4 Å². The van der Waals surface area contributed by atoms with Gasteiger partial charge in [0.15, 0.2) is 17.8 Å². The number of aromatic nitrogens is 3. The van der Waals surface area contributed by atoms with Gasteiger partial charge in [0.25, 0.3) is 11.8 Å². The largest absolute Gasteiger partial charge is 0.484 e. The Hall–Kier alpha value is -2.65. The average molecular weight is 388 g/mol. The number of rotatable bonds is 9. The third-order valence-electron chi connectivity index (χ3n) is 4.39. The summed E-state index contributed by atoms with van der Waals surface area (Å²) in [5.74, 6) is 2.34. The van der Waals surface area contributed by atoms with Crippen LogP contribution in [0.4, 0.5) is 5.82 Å². The van der Waals surface area contributed by atoms with Gasteiger partial charge in [-0.1, -0.05) is 0 Å². The molecule has 0 amide bonds. The van der Waals surface area contributed by atoms with Crippen molar-refractivity contribution in [3.05, 3.63) is 30.7 Å². The van der Waals surface area contributed by atoms with Crippen molar-refractivity contribution in [1.29, 1.82) is 0 Å². The molecular formula is C19H28N6O3. The van der Waals surface area contributed by atoms with E-state index in [0.717, 1.165) is 32.0 Å². The number of ether oxygens (including phenoxy) is 3. The fourth-order valence-electron chi connectivity index (χ4n) is 2.64. The van der Waals surface area contributed by atoms with Crippen molar-refractivity contribution < 1.29 is 14.2 Å². The third kappa shape index (κ3) is 5.43. The second-order valence-corrected chi connectivity index (χ2v) is 6.61. The van der Waals surface area contributed by atoms with Crippen molar-refractivity contribution in [3.8, 4) is 17.5 Å². The van der Waals surface area contributed by atoms with E-state index >= 15 is 0 Å². The molecule has 0 radical (unpaired) electrons. The lowest BCUT2D eigenvalue weighted by Gasteiger charge is -2.28. The molecule has 152 valence electrons. The van der Waals surface area contributed by atoms with Crippen LogP contribution in [0.3, 0.4) is 0 Å². The van der Waals surface area contributed by atoms with Crippen molar-refractivity contribution in [1.82, 2.24) is 25.2 Å². The van der Waals surface area contributed by atoms with E-state index in [1.165, 1.54) is 0 Å². The highest BCUT2D eigenvalue weighted by molar-refractivity contribution is 5.48. The Morgan fingerprint density at radius 3 is 2.54 bits per heavy atom. The molecule has 9 heteroatoms. The summed E-state index contributed by atoms with van der Waals surface area (Å²) in [6.45, 7) is 6.25. The van der Waals surface area contributed by atoms with Crippen molar-refractivity contribution in [2.45, 2.75) is 13.2 Å². The van der Waals surface area contributed by atoms with E-state index in [2.05, 4.69) is 25.2 Å². The van der Waals surface area contributed by atoms with Gasteiger partial charge in [0, 0.05) is 44.8 Å². The summed E-state index contributed by atoms with van der Waals surface area (Å²) in [6, 6.07) is 3.65. The predicted octanol–water partition coefficient (Wildman–Crippen LogP) is 1.03. The van der Waals surface area contributed by atoms with E-state index in [9.17, 15) is 0 Å². The summed E-state index contributed by atoms with van der Waals surface area (Å²) in [5, 5.41) is 3.33. The second kappa shape index (κ2) is 10.0. The van der Waals surface area contributed by atoms with Gasteiger partial charge in [0.2, 0.25) is 0 Å². The zero-order chi connectivity index (χ0) is 19.8. The summed E-state index contributed by atoms with van der Waals surface area (Å²) < 4.78 is 17.5. The molecule has 3 heterocycles. The molecule has 28 heavy (non-hydrogen) atoms. The number of hydrogen-bond acceptors (Lipinski definition) is 9. The van der Waals surface area contributed by atoms with Gasteiger partial charge in [0.05, 0.1) is 0 Å². The number of anilines is 1. The Labute approximate surface area is 165 Å². The van der Waals surface area contributed by atoms with E-state index in [1.54, 1.807) is 18.6 Å². The summed E-state index contributed by atoms with van der Waals surface area (Å²) in [5.41, 5.74) is 0. The van der Waals surface area contributed by atoms with Crippen LogP contribution in [0.1, 0.15) is 6.92 Å². The Morgan fingerprint density at radius 1 is 1.04 bits per heavy atom. The van der Waals surface area contributed by atoms with Gasteiger partial charge in [-0.25, -0.2) is 15.0 Å². The van der Waals surface area contributed by atoms with Crippen LogP contribution in [0.25, 0.3) is 0 Å². The first kappa shape index (κ1) is 20.1. The lowest BCUT2D eigenvalue weighted by Crippen LogP contribution is -2.44. The van der Waals surface area contributed by atoms with Crippen molar-refractivity contribution >= 4 is 5.82 Å². The topological polar surface area (TPSA) is 84.9 Å². The van der Waals surface area contributed by atoms with E-state index in [-0.39, 0.29) is 6.23 Å². The number of pyridine rings is 1. The number of nitrogens with zero attached hydrogens (tertiary/aromatic N) is 5. The molecule has 1 aliphatic heterocycles. The molecular weight excluding hydrogens is 360 g/mol. The smallest absolute Gasteiger partial charge is 0.258 e. The van der Waals surface area contributed by atoms with Crippen LogP contribution in [0, 0.1) is 0 Å². The van der Waals surface area contributed by atoms with Crippen LogP contribution >= 0.6 is 0 Å². The molecule has 1 aliphatic rings. The molecule has 2 aromatic rings. The fourth-order valence-corrected chi connectivity index (χ4v) is 2.64. The molecule has 0 aliphatic carbocycles. The van der Waals surface area contributed by atoms with Gasteiger partial charge < -0.3 is 24.4 Å². The van der Waals surface area contributed by atoms with E-state index in [1.807, 2.05) is 38.1 Å². The zero-order valence-corrected chi connectivity index (χ0v) is 16.7. The minimum absolute atomic E-state index is 0.116. The molecule has 2 aromatic heterocycles. The molecule has 1 N–H and O–H groups in total. The summed E-state index contributed by atoms with van der Waals surface area (Å²) in [4.78, 5) is 17.2. The van der Waals surface area contributed by atoms with E-state index in [4.69, 9.17) is 14.2 Å². The van der Waals surface area contributed by atoms with Crippen molar-refractivity contribution in [2.24, 2.45) is 0 Å². The van der Waals surface area contributed by atoms with E-state index < -0.39 is 0 Å². The number of hydrogen-bond donors (Lipinski definition) is 1. The summed E-state index contributed by atoms with van der Waals surface area (Å²) >= 11 is 0. The molecule has 1 atom stereocenters. The summed E-state index contributed by atoms with van der Waals surface area (Å²) in [7, 11) is 3.89. The molecule has 3 rings (SSSR count). The quantitative estimate of drug-likeness (QED) is 0.500. The molecule has 1 fully saturated rings. The highest BCUT2D eigenvalue weighted by atomic mass is 16.6. The highest BCUT2D eigenvalue weighted by Crippen LogP contribution is 2.25. The Morgan fingerprint density at radius 2 is 1.75 bits per heavy atom. The maximum absolute atomic E-state index is 5.84. The van der Waals surface area contributed by atoms with Gasteiger partial charge in [0.1, 0.15) is 13.2 Å². The summed E-state index contributed by atoms with van der Waals surface area (Å²) in [6.07, 6.45) is 4.89. The van der Waals surface area contributed by atoms with Crippen LogP contribution in [-0.4, -0.2) is 79.6 Å². The van der Waals surface area contributed by atoms with Gasteiger partial charge in [-0.15, -0.1) is 0 Å². The number of nitrogens with one attached hydrogen (secondary N) is 1. The normalized spacial score (nSPS) is 15.4. The number of piperazine rings is 1. The lowest BCUT2D eigenvalue weighted by atomic mass is 10.3. The lowest BCUT2D eigenvalue weighted by molar-refractivity contribution is 0.0718. The first-order valence-electron chi connectivity index (χ1n) is 9.45. The van der Waals surface area contributed by atoms with Crippen molar-refractivity contribution in [3.63, 3.8) is 0 Å². The fraction of sp³-hybridized carbons (Fsp3) is 0.526. The molecule has 0 aromatic carbocycles. The Balaban J connectivity index is 1.54. The highest BCUT2D eigenvalue weighted by Gasteiger charge is 2.17. The second-order valence-electron chi connectivity index (χ2n) is 6.61. The van der Waals surface area contributed by atoms with Gasteiger partial charge >= 0.3 is 0 Å². The first-order valence-corrected chi connectivity index (χ1v) is 9.45. The van der Waals surface area contributed by atoms with Crippen LogP contribution in [0.15, 0.2) is 30.7 Å². The molecule has 1 unspecified atom stereocenters. The predicted molar refractivity (Wildman–Crippen MR) is 106 cm³/mol. The van der Waals surface area contributed by atoms with Crippen LogP contribution < -0.4 is 24.4 Å². The van der Waals surface area contributed by atoms with Gasteiger partial charge in [-0.3, -0.25) is 4.90 Å². The van der Waals surface area contributed by atoms with Gasteiger partial charge in [-0.05, 0) is 33.2 Å². The average Bonchev–Trinajstić information content (AvgIpc) is 2.73. The van der Waals surface area contributed by atoms with Crippen LogP contribution in [-0.2, 0) is 0 Å². The Bertz CT molecular complexity index is 739. The van der Waals surface area contributed by atoms with Crippen LogP contribution in [0.2, 0.25) is 0 Å². The van der Waals surface area contributed by atoms with E-state index in [0.29, 0.717) is 30.7 Å². The minimum Gasteiger partial charge on any atom is -0.484 e. The molecule has 1 saturated heterocycles. The monoisotopic (exact) mass is 388 g/mol. The SMILES string of the molecule is CC(Oc1ncccc1OCCOc1nccnc1N1CCNCC1)N(C)C. The Kier molecular flexibility index (Phi) is 7.21. The molecule has 0 bridgehead atoms. The first-order chi connectivity index (χ1) is 13.6. The molecule has 0 saturated carbocycles. The molecule has 0 spiro atoms. The molecule has 9 nitrogen and oxygen atoms in total. The zero-order valence-electron chi connectivity index (χ0n) is 16.7.